The third-order valence-electron chi connectivity index (χ3n) is 3.06. The molecule has 0 spiro atoms. The highest BCUT2D eigenvalue weighted by Crippen LogP contribution is 2.25. The molecule has 0 amide bonds. The van der Waals surface area contributed by atoms with E-state index in [1.807, 2.05) is 0 Å². The number of alkyl halides is 2. The Hall–Kier alpha value is -2.03. The Morgan fingerprint density at radius 1 is 1.14 bits per heavy atom. The minimum absolute atomic E-state index is 0.377. The van der Waals surface area contributed by atoms with Crippen LogP contribution in [0.25, 0.3) is 0 Å². The normalized spacial score (nSPS) is 13.1. The van der Waals surface area contributed by atoms with Crippen molar-refractivity contribution in [3.8, 4) is 12.1 Å². The molecule has 0 aromatic heterocycles. The van der Waals surface area contributed by atoms with Crippen LogP contribution in [0.2, 0.25) is 0 Å². The van der Waals surface area contributed by atoms with Gasteiger partial charge in [-0.2, -0.15) is 27.2 Å². The molecule has 8 heteroatoms. The van der Waals surface area contributed by atoms with Crippen molar-refractivity contribution in [2.75, 3.05) is 19.8 Å². The maximum absolute atomic E-state index is 13.9. The largest absolute Gasteiger partial charge is 0.305 e. The summed E-state index contributed by atoms with van der Waals surface area (Å²) in [6.07, 6.45) is -2.47. The van der Waals surface area contributed by atoms with Crippen molar-refractivity contribution in [1.82, 2.24) is 0 Å². The summed E-state index contributed by atoms with van der Waals surface area (Å²) in [7, 11) is -4.30. The van der Waals surface area contributed by atoms with Crippen LogP contribution in [0.15, 0.2) is 30.3 Å². The van der Waals surface area contributed by atoms with E-state index in [1.54, 1.807) is 18.2 Å². The summed E-state index contributed by atoms with van der Waals surface area (Å²) in [4.78, 5) is 0. The molecule has 0 bridgehead atoms. The second-order valence-corrected chi connectivity index (χ2v) is 6.57. The Bertz CT molecular complexity index is 634. The number of hydrogen-bond donors (Lipinski definition) is 0. The van der Waals surface area contributed by atoms with Crippen molar-refractivity contribution >= 4 is 10.0 Å². The quantitative estimate of drug-likeness (QED) is 0.435. The number of benzene rings is 1. The standard InChI is InChI=1S/C13H14F2N3O2S/c14-10-13(15)18(8-6-16,9-7-17)21(19,20)11-12-4-2-1-3-5-12/h1-5,13H,8-11H2/q+1. The molecule has 0 saturated carbocycles. The van der Waals surface area contributed by atoms with Crippen LogP contribution < -0.4 is 0 Å². The summed E-state index contributed by atoms with van der Waals surface area (Å²) < 4.78 is 50.1. The van der Waals surface area contributed by atoms with E-state index in [1.165, 1.54) is 24.3 Å². The summed E-state index contributed by atoms with van der Waals surface area (Å²) >= 11 is 0. The molecular weight excluding hydrogens is 300 g/mol. The lowest BCUT2D eigenvalue weighted by Gasteiger charge is -2.34. The molecule has 21 heavy (non-hydrogen) atoms. The monoisotopic (exact) mass is 314 g/mol. The van der Waals surface area contributed by atoms with Gasteiger partial charge in [0.25, 0.3) is 6.30 Å². The fraction of sp³-hybridized carbons (Fsp3) is 0.385. The zero-order chi connectivity index (χ0) is 15.9. The van der Waals surface area contributed by atoms with Crippen molar-refractivity contribution in [2.24, 2.45) is 0 Å². The summed E-state index contributed by atoms with van der Waals surface area (Å²) in [6, 6.07) is 11.0. The van der Waals surface area contributed by atoms with Gasteiger partial charge in [0.2, 0.25) is 0 Å². The van der Waals surface area contributed by atoms with Gasteiger partial charge < -0.3 is 0 Å². The van der Waals surface area contributed by atoms with Crippen LogP contribution in [0.1, 0.15) is 5.56 Å². The lowest BCUT2D eigenvalue weighted by Crippen LogP contribution is -2.59. The smallest absolute Gasteiger partial charge is 0.241 e. The summed E-state index contributed by atoms with van der Waals surface area (Å²) in [6.45, 7) is -3.24. The van der Waals surface area contributed by atoms with E-state index in [2.05, 4.69) is 0 Å². The lowest BCUT2D eigenvalue weighted by molar-refractivity contribution is -0.836. The van der Waals surface area contributed by atoms with Crippen molar-refractivity contribution in [3.05, 3.63) is 35.9 Å². The first kappa shape index (κ1) is 17.0. The first-order valence-electron chi connectivity index (χ1n) is 6.01. The molecule has 0 radical (unpaired) electrons. The average Bonchev–Trinajstić information content (AvgIpc) is 2.46. The van der Waals surface area contributed by atoms with Crippen LogP contribution in [0.3, 0.4) is 0 Å². The SMILES string of the molecule is N#CC[N+](CC#N)(C(F)CF)S(=O)(=O)Cc1ccccc1. The number of quaternary nitrogens is 1. The topological polar surface area (TPSA) is 81.7 Å². The molecular formula is C13H14F2N3O2S+. The third-order valence-corrected chi connectivity index (χ3v) is 5.35. The fourth-order valence-electron chi connectivity index (χ4n) is 1.90. The molecule has 5 nitrogen and oxygen atoms in total. The average molecular weight is 314 g/mol. The number of nitrogens with zero attached hydrogens (tertiary/aromatic N) is 3. The van der Waals surface area contributed by atoms with Crippen molar-refractivity contribution in [3.63, 3.8) is 0 Å². The zero-order valence-corrected chi connectivity index (χ0v) is 11.9. The Morgan fingerprint density at radius 3 is 2.10 bits per heavy atom. The van der Waals surface area contributed by atoms with Crippen LogP contribution in [-0.2, 0) is 15.8 Å². The highest BCUT2D eigenvalue weighted by atomic mass is 32.2. The first-order chi connectivity index (χ1) is 9.93. The van der Waals surface area contributed by atoms with E-state index in [0.717, 1.165) is 0 Å². The molecule has 1 aromatic rings. The minimum Gasteiger partial charge on any atom is -0.241 e. The Balaban J connectivity index is 3.29. The van der Waals surface area contributed by atoms with E-state index >= 15 is 0 Å². The molecule has 0 aliphatic heterocycles. The van der Waals surface area contributed by atoms with Gasteiger partial charge in [0.15, 0.2) is 19.8 Å². The molecule has 0 aliphatic carbocycles. The second-order valence-electron chi connectivity index (χ2n) is 4.39. The van der Waals surface area contributed by atoms with Gasteiger partial charge in [-0.25, -0.2) is 4.39 Å². The first-order valence-corrected chi connectivity index (χ1v) is 7.62. The zero-order valence-electron chi connectivity index (χ0n) is 11.1. The van der Waals surface area contributed by atoms with Crippen LogP contribution in [0.4, 0.5) is 8.78 Å². The molecule has 1 unspecified atom stereocenters. The molecule has 0 saturated heterocycles. The predicted molar refractivity (Wildman–Crippen MR) is 71.2 cm³/mol. The Labute approximate surface area is 122 Å². The predicted octanol–water partition coefficient (Wildman–Crippen LogP) is 1.65. The maximum atomic E-state index is 13.9. The van der Waals surface area contributed by atoms with Gasteiger partial charge in [-0.3, -0.25) is 0 Å². The minimum atomic E-state index is -4.30. The van der Waals surface area contributed by atoms with E-state index in [4.69, 9.17) is 10.5 Å². The van der Waals surface area contributed by atoms with Gasteiger partial charge in [0.05, 0.1) is 0 Å². The molecule has 0 aliphatic rings. The van der Waals surface area contributed by atoms with Gasteiger partial charge in [0.1, 0.15) is 17.9 Å². The maximum Gasteiger partial charge on any atom is 0.305 e. The van der Waals surface area contributed by atoms with Gasteiger partial charge in [-0.15, -0.1) is 0 Å². The number of rotatable bonds is 7. The molecule has 0 N–H and O–H groups in total. The number of nitriles is 2. The Morgan fingerprint density at radius 2 is 1.67 bits per heavy atom. The van der Waals surface area contributed by atoms with Crippen molar-refractivity contribution in [1.29, 1.82) is 10.5 Å². The Kier molecular flexibility index (Phi) is 5.77. The second kappa shape index (κ2) is 7.11. The summed E-state index contributed by atoms with van der Waals surface area (Å²) in [5.74, 6) is -0.572. The molecule has 1 rings (SSSR count). The van der Waals surface area contributed by atoms with Crippen molar-refractivity contribution < 1.29 is 21.1 Å². The third kappa shape index (κ3) is 3.54. The fourth-order valence-corrected chi connectivity index (χ4v) is 3.69. The van der Waals surface area contributed by atoms with E-state index < -0.39 is 45.7 Å². The molecule has 1 atom stereocenters. The summed E-state index contributed by atoms with van der Waals surface area (Å²) in [5.41, 5.74) is 0.377. The van der Waals surface area contributed by atoms with Crippen LogP contribution in [0, 0.1) is 22.7 Å². The van der Waals surface area contributed by atoms with Crippen LogP contribution in [-0.4, -0.2) is 38.4 Å². The number of halogens is 2. The summed E-state index contributed by atoms with van der Waals surface area (Å²) in [5, 5.41) is 17.5. The van der Waals surface area contributed by atoms with E-state index in [9.17, 15) is 17.2 Å². The number of sulfonamides is 1. The van der Waals surface area contributed by atoms with Gasteiger partial charge in [0, 0.05) is 0 Å². The number of hydrogen-bond acceptors (Lipinski definition) is 4. The van der Waals surface area contributed by atoms with E-state index in [-0.39, 0.29) is 0 Å². The van der Waals surface area contributed by atoms with Crippen molar-refractivity contribution in [2.45, 2.75) is 12.0 Å². The highest BCUT2D eigenvalue weighted by molar-refractivity contribution is 7.85. The van der Waals surface area contributed by atoms with Crippen LogP contribution in [0.5, 0.6) is 0 Å². The van der Waals surface area contributed by atoms with Gasteiger partial charge in [-0.1, -0.05) is 30.3 Å². The van der Waals surface area contributed by atoms with Gasteiger partial charge >= 0.3 is 10.0 Å². The van der Waals surface area contributed by atoms with Gasteiger partial charge in [-0.05, 0) is 5.56 Å². The molecule has 112 valence electrons. The van der Waals surface area contributed by atoms with E-state index in [0.29, 0.717) is 5.56 Å². The molecule has 1 aromatic carbocycles. The lowest BCUT2D eigenvalue weighted by atomic mass is 10.2. The molecule has 0 heterocycles. The van der Waals surface area contributed by atoms with Crippen LogP contribution >= 0.6 is 0 Å². The highest BCUT2D eigenvalue weighted by Gasteiger charge is 2.49. The molecule has 0 fully saturated rings.